The lowest BCUT2D eigenvalue weighted by molar-refractivity contribution is 0.0938. The molecule has 13 heavy (non-hydrogen) atoms. The van der Waals surface area contributed by atoms with E-state index in [2.05, 4.69) is 10.9 Å². The summed E-state index contributed by atoms with van der Waals surface area (Å²) in [4.78, 5) is 11.2. The molecule has 0 unspecified atom stereocenters. The smallest absolute Gasteiger partial charge is 0.265 e. The summed E-state index contributed by atoms with van der Waals surface area (Å²) in [6, 6.07) is 4.69. The summed E-state index contributed by atoms with van der Waals surface area (Å²) in [6.45, 7) is 0. The van der Waals surface area contributed by atoms with Gasteiger partial charge in [0.1, 0.15) is 0 Å². The second-order valence-corrected chi connectivity index (χ2v) is 3.15. The first-order valence-electron chi connectivity index (χ1n) is 3.57. The van der Waals surface area contributed by atoms with Gasteiger partial charge in [0.05, 0.1) is 10.0 Å². The molecule has 3 nitrogen and oxygen atoms in total. The van der Waals surface area contributed by atoms with Crippen molar-refractivity contribution in [2.45, 2.75) is 0 Å². The minimum atomic E-state index is -0.249. The van der Waals surface area contributed by atoms with E-state index in [1.807, 2.05) is 0 Å². The van der Waals surface area contributed by atoms with Gasteiger partial charge in [-0.05, 0) is 18.2 Å². The summed E-state index contributed by atoms with van der Waals surface area (Å²) >= 11 is 11.4. The molecule has 0 atom stereocenters. The molecular weight excluding hydrogens is 211 g/mol. The van der Waals surface area contributed by atoms with E-state index in [4.69, 9.17) is 23.2 Å². The largest absolute Gasteiger partial charge is 0.288 e. The molecule has 0 fully saturated rings. The third kappa shape index (κ3) is 2.59. The number of hydrogen-bond acceptors (Lipinski definition) is 2. The van der Waals surface area contributed by atoms with Crippen LogP contribution in [-0.2, 0) is 0 Å². The van der Waals surface area contributed by atoms with E-state index in [1.54, 1.807) is 19.2 Å². The summed E-state index contributed by atoms with van der Waals surface area (Å²) in [5.74, 6) is -0.249. The zero-order valence-electron chi connectivity index (χ0n) is 6.90. The highest BCUT2D eigenvalue weighted by Crippen LogP contribution is 2.22. The molecule has 1 rings (SSSR count). The maximum absolute atomic E-state index is 11.2. The minimum Gasteiger partial charge on any atom is -0.288 e. The molecule has 1 amide bonds. The minimum absolute atomic E-state index is 0.249. The van der Waals surface area contributed by atoms with E-state index in [0.717, 1.165) is 0 Å². The van der Waals surface area contributed by atoms with Gasteiger partial charge in [0.15, 0.2) is 0 Å². The first kappa shape index (κ1) is 10.3. The molecule has 0 bridgehead atoms. The van der Waals surface area contributed by atoms with Crippen molar-refractivity contribution in [3.63, 3.8) is 0 Å². The predicted octanol–water partition coefficient (Wildman–Crippen LogP) is 1.86. The van der Waals surface area contributed by atoms with Crippen molar-refractivity contribution in [3.05, 3.63) is 33.8 Å². The average molecular weight is 219 g/mol. The van der Waals surface area contributed by atoms with Crippen LogP contribution in [0.2, 0.25) is 10.0 Å². The number of rotatable bonds is 2. The fourth-order valence-electron chi connectivity index (χ4n) is 0.823. The van der Waals surface area contributed by atoms with Crippen LogP contribution in [0.3, 0.4) is 0 Å². The molecule has 0 saturated heterocycles. The Hall–Kier alpha value is -0.770. The topological polar surface area (TPSA) is 41.1 Å². The lowest BCUT2D eigenvalue weighted by Gasteiger charge is -2.03. The summed E-state index contributed by atoms with van der Waals surface area (Å²) < 4.78 is 0. The number of amides is 1. The van der Waals surface area contributed by atoms with Gasteiger partial charge in [-0.25, -0.2) is 5.43 Å². The molecule has 0 saturated carbocycles. The number of carbonyl (C=O) groups excluding carboxylic acids is 1. The molecule has 70 valence electrons. The Morgan fingerprint density at radius 2 is 2.00 bits per heavy atom. The Labute approximate surface area is 86.0 Å². The molecule has 0 aliphatic rings. The van der Waals surface area contributed by atoms with Crippen LogP contribution in [0.25, 0.3) is 0 Å². The van der Waals surface area contributed by atoms with Crippen LogP contribution in [0.5, 0.6) is 0 Å². The summed E-state index contributed by atoms with van der Waals surface area (Å²) in [5.41, 5.74) is 5.40. The van der Waals surface area contributed by atoms with Gasteiger partial charge >= 0.3 is 0 Å². The van der Waals surface area contributed by atoms with Crippen molar-refractivity contribution in [3.8, 4) is 0 Å². The monoisotopic (exact) mass is 218 g/mol. The summed E-state index contributed by atoms with van der Waals surface area (Å²) in [5, 5.41) is 0.799. The van der Waals surface area contributed by atoms with Gasteiger partial charge in [-0.3, -0.25) is 10.2 Å². The molecule has 0 aliphatic heterocycles. The van der Waals surface area contributed by atoms with Gasteiger partial charge in [0.25, 0.3) is 5.91 Å². The second kappa shape index (κ2) is 4.46. The molecule has 1 aromatic rings. The number of benzene rings is 1. The fourth-order valence-corrected chi connectivity index (χ4v) is 1.12. The van der Waals surface area contributed by atoms with Crippen LogP contribution in [0.1, 0.15) is 10.4 Å². The summed E-state index contributed by atoms with van der Waals surface area (Å²) in [7, 11) is 1.61. The Morgan fingerprint density at radius 3 is 2.54 bits per heavy atom. The SMILES string of the molecule is CNNC(=O)c1ccc(Cl)c(Cl)c1. The molecule has 0 radical (unpaired) electrons. The van der Waals surface area contributed by atoms with Crippen molar-refractivity contribution in [1.82, 2.24) is 10.9 Å². The number of nitrogens with one attached hydrogen (secondary N) is 2. The molecule has 2 N–H and O–H groups in total. The van der Waals surface area contributed by atoms with Gasteiger partial charge in [0, 0.05) is 12.6 Å². The Kier molecular flexibility index (Phi) is 3.54. The molecule has 0 spiro atoms. The van der Waals surface area contributed by atoms with Gasteiger partial charge in [-0.1, -0.05) is 23.2 Å². The van der Waals surface area contributed by atoms with E-state index < -0.39 is 0 Å². The van der Waals surface area contributed by atoms with Crippen molar-refractivity contribution >= 4 is 29.1 Å². The van der Waals surface area contributed by atoms with E-state index in [9.17, 15) is 4.79 Å². The van der Waals surface area contributed by atoms with Crippen molar-refractivity contribution < 1.29 is 4.79 Å². The number of carbonyl (C=O) groups is 1. The van der Waals surface area contributed by atoms with Crippen molar-refractivity contribution in [1.29, 1.82) is 0 Å². The van der Waals surface area contributed by atoms with Gasteiger partial charge in [-0.15, -0.1) is 0 Å². The highest BCUT2D eigenvalue weighted by atomic mass is 35.5. The highest BCUT2D eigenvalue weighted by Gasteiger charge is 2.06. The van der Waals surface area contributed by atoms with Crippen LogP contribution < -0.4 is 10.9 Å². The maximum atomic E-state index is 11.2. The van der Waals surface area contributed by atoms with E-state index in [0.29, 0.717) is 15.6 Å². The van der Waals surface area contributed by atoms with Gasteiger partial charge in [0.2, 0.25) is 0 Å². The quantitative estimate of drug-likeness (QED) is 0.745. The van der Waals surface area contributed by atoms with Crippen LogP contribution >= 0.6 is 23.2 Å². The average Bonchev–Trinajstić information content (AvgIpc) is 2.10. The molecule has 0 aromatic heterocycles. The van der Waals surface area contributed by atoms with Crippen LogP contribution in [0.4, 0.5) is 0 Å². The van der Waals surface area contributed by atoms with E-state index >= 15 is 0 Å². The molecule has 0 heterocycles. The number of hydrazine groups is 1. The Morgan fingerprint density at radius 1 is 1.31 bits per heavy atom. The first-order chi connectivity index (χ1) is 6.15. The zero-order chi connectivity index (χ0) is 9.84. The van der Waals surface area contributed by atoms with E-state index in [1.165, 1.54) is 6.07 Å². The summed E-state index contributed by atoms with van der Waals surface area (Å²) in [6.07, 6.45) is 0. The number of halogens is 2. The molecule has 1 aromatic carbocycles. The second-order valence-electron chi connectivity index (χ2n) is 2.33. The fraction of sp³-hybridized carbons (Fsp3) is 0.125. The van der Waals surface area contributed by atoms with Crippen LogP contribution in [0.15, 0.2) is 18.2 Å². The van der Waals surface area contributed by atoms with Crippen LogP contribution in [0, 0.1) is 0 Å². The standard InChI is InChI=1S/C8H8Cl2N2O/c1-11-12-8(13)5-2-3-6(9)7(10)4-5/h2-4,11H,1H3,(H,12,13). The van der Waals surface area contributed by atoms with Crippen molar-refractivity contribution in [2.75, 3.05) is 7.05 Å². The molecule has 5 heteroatoms. The molecule has 0 aliphatic carbocycles. The highest BCUT2D eigenvalue weighted by molar-refractivity contribution is 6.42. The zero-order valence-corrected chi connectivity index (χ0v) is 8.41. The third-order valence-electron chi connectivity index (χ3n) is 1.42. The van der Waals surface area contributed by atoms with Gasteiger partial charge < -0.3 is 0 Å². The first-order valence-corrected chi connectivity index (χ1v) is 4.33. The normalized spacial score (nSPS) is 9.77. The Bertz CT molecular complexity index is 328. The van der Waals surface area contributed by atoms with Crippen molar-refractivity contribution in [2.24, 2.45) is 0 Å². The maximum Gasteiger partial charge on any atom is 0.265 e. The van der Waals surface area contributed by atoms with Crippen LogP contribution in [-0.4, -0.2) is 13.0 Å². The molecular formula is C8H8Cl2N2O. The van der Waals surface area contributed by atoms with E-state index in [-0.39, 0.29) is 5.91 Å². The Balaban J connectivity index is 2.90. The lowest BCUT2D eigenvalue weighted by atomic mass is 10.2. The third-order valence-corrected chi connectivity index (χ3v) is 2.16. The predicted molar refractivity (Wildman–Crippen MR) is 53.0 cm³/mol. The number of hydrogen-bond donors (Lipinski definition) is 2. The lowest BCUT2D eigenvalue weighted by Crippen LogP contribution is -2.34. The van der Waals surface area contributed by atoms with Gasteiger partial charge in [-0.2, -0.15) is 0 Å².